The van der Waals surface area contributed by atoms with Crippen LogP contribution in [0.5, 0.6) is 0 Å². The van der Waals surface area contributed by atoms with Gasteiger partial charge in [-0.1, -0.05) is 104 Å². The first-order chi connectivity index (χ1) is 15.6. The third kappa shape index (κ3) is 25.8. The van der Waals surface area contributed by atoms with Gasteiger partial charge in [-0.15, -0.1) is 0 Å². The molecule has 5 nitrogen and oxygen atoms in total. The molecule has 0 spiro atoms. The van der Waals surface area contributed by atoms with E-state index in [1.54, 1.807) is 0 Å². The Bertz CT molecular complexity index is 491. The summed E-state index contributed by atoms with van der Waals surface area (Å²) in [6.07, 6.45) is 18.4. The van der Waals surface area contributed by atoms with Crippen molar-refractivity contribution in [3.05, 3.63) is 0 Å². The van der Waals surface area contributed by atoms with Gasteiger partial charge >= 0.3 is 11.9 Å². The first-order valence-corrected chi connectivity index (χ1v) is 13.8. The monoisotopic (exact) mass is 505 g/mol. The minimum absolute atomic E-state index is 0. The molecule has 0 saturated heterocycles. The summed E-state index contributed by atoms with van der Waals surface area (Å²) >= 11 is 0. The summed E-state index contributed by atoms with van der Waals surface area (Å²) in [6, 6.07) is 0. The van der Waals surface area contributed by atoms with E-state index in [2.05, 4.69) is 6.92 Å². The lowest BCUT2D eigenvalue weighted by molar-refractivity contribution is -0.873. The van der Waals surface area contributed by atoms with Crippen molar-refractivity contribution >= 4 is 11.9 Å². The molecule has 0 rings (SSSR count). The van der Waals surface area contributed by atoms with Crippen molar-refractivity contribution in [3.63, 3.8) is 0 Å². The fraction of sp³-hybridized carbons (Fsp3) is 0.929. The molecule has 0 N–H and O–H groups in total. The molecular weight excluding hydrogens is 450 g/mol. The minimum atomic E-state index is -0.430. The molecule has 0 aliphatic heterocycles. The van der Waals surface area contributed by atoms with Crippen LogP contribution in [0.1, 0.15) is 124 Å². The predicted molar refractivity (Wildman–Crippen MR) is 138 cm³/mol. The Balaban J connectivity index is 0. The van der Waals surface area contributed by atoms with Crippen molar-refractivity contribution in [2.45, 2.75) is 130 Å². The summed E-state index contributed by atoms with van der Waals surface area (Å²) in [5.41, 5.74) is 0. The molecule has 0 saturated carbocycles. The van der Waals surface area contributed by atoms with E-state index in [1.807, 2.05) is 35.0 Å². The van der Waals surface area contributed by atoms with E-state index in [4.69, 9.17) is 9.47 Å². The number of hydrogen-bond donors (Lipinski definition) is 0. The summed E-state index contributed by atoms with van der Waals surface area (Å²) in [6.45, 7) is 7.30. The maximum Gasteiger partial charge on any atom is 0.309 e. The normalized spacial score (nSPS) is 12.3. The average molecular weight is 506 g/mol. The fourth-order valence-electron chi connectivity index (χ4n) is 4.05. The molecule has 0 bridgehead atoms. The predicted octanol–water partition coefficient (Wildman–Crippen LogP) is 4.07. The third-order valence-electron chi connectivity index (χ3n) is 5.78. The first kappa shape index (κ1) is 35.4. The highest BCUT2D eigenvalue weighted by molar-refractivity contribution is 5.72. The van der Waals surface area contributed by atoms with Crippen molar-refractivity contribution in [1.82, 2.24) is 0 Å². The molecule has 0 aromatic heterocycles. The van der Waals surface area contributed by atoms with Crippen LogP contribution >= 0.6 is 0 Å². The van der Waals surface area contributed by atoms with Gasteiger partial charge in [0.25, 0.3) is 0 Å². The highest BCUT2D eigenvalue weighted by atomic mass is 35.5. The Morgan fingerprint density at radius 1 is 0.676 bits per heavy atom. The van der Waals surface area contributed by atoms with Gasteiger partial charge in [-0.25, -0.2) is 0 Å². The van der Waals surface area contributed by atoms with Gasteiger partial charge < -0.3 is 26.4 Å². The molecule has 0 heterocycles. The number of halogens is 1. The number of nitrogens with zero attached hydrogens (tertiary/aromatic N) is 1. The zero-order chi connectivity index (χ0) is 25.0. The molecule has 0 aromatic rings. The number of carbonyl (C=O) groups is 2. The number of quaternary nitrogens is 1. The van der Waals surface area contributed by atoms with E-state index in [9.17, 15) is 9.59 Å². The Hall–Kier alpha value is -0.810. The van der Waals surface area contributed by atoms with Crippen LogP contribution in [0, 0.1) is 5.92 Å². The Morgan fingerprint density at radius 3 is 1.53 bits per heavy atom. The summed E-state index contributed by atoms with van der Waals surface area (Å²) in [5.74, 6) is -0.252. The van der Waals surface area contributed by atoms with Crippen molar-refractivity contribution in [1.29, 1.82) is 0 Å². The molecule has 204 valence electrons. The molecule has 0 aliphatic carbocycles. The molecule has 0 radical (unpaired) electrons. The Kier molecular flexibility index (Phi) is 23.5. The van der Waals surface area contributed by atoms with Crippen LogP contribution in [-0.2, 0) is 19.1 Å². The quantitative estimate of drug-likeness (QED) is 0.126. The average Bonchev–Trinajstić information content (AvgIpc) is 2.68. The Labute approximate surface area is 217 Å². The molecule has 0 unspecified atom stereocenters. The van der Waals surface area contributed by atoms with Crippen molar-refractivity contribution in [2.24, 2.45) is 5.92 Å². The van der Waals surface area contributed by atoms with E-state index in [-0.39, 0.29) is 36.7 Å². The molecular formula is C28H56ClNO4. The molecule has 34 heavy (non-hydrogen) atoms. The lowest BCUT2D eigenvalue weighted by atomic mass is 10.0. The maximum atomic E-state index is 12.3. The number of rotatable bonds is 22. The van der Waals surface area contributed by atoms with Crippen molar-refractivity contribution < 1.29 is 36.0 Å². The molecule has 6 heteroatoms. The van der Waals surface area contributed by atoms with Gasteiger partial charge in [0.2, 0.25) is 0 Å². The second-order valence-corrected chi connectivity index (χ2v) is 11.2. The van der Waals surface area contributed by atoms with Crippen LogP contribution < -0.4 is 12.4 Å². The van der Waals surface area contributed by atoms with Crippen LogP contribution in [0.3, 0.4) is 0 Å². The number of likely N-dealkylation sites (N-methyl/N-ethyl adjacent to an activating group) is 1. The minimum Gasteiger partial charge on any atom is -1.00 e. The van der Waals surface area contributed by atoms with Gasteiger partial charge in [0, 0.05) is 6.42 Å². The van der Waals surface area contributed by atoms with Crippen LogP contribution in [0.4, 0.5) is 0 Å². The summed E-state index contributed by atoms with van der Waals surface area (Å²) < 4.78 is 11.6. The van der Waals surface area contributed by atoms with Gasteiger partial charge in [0.05, 0.1) is 34.2 Å². The van der Waals surface area contributed by atoms with E-state index >= 15 is 0 Å². The smallest absolute Gasteiger partial charge is 0.309 e. The summed E-state index contributed by atoms with van der Waals surface area (Å²) in [5, 5.41) is 0. The second-order valence-electron chi connectivity index (χ2n) is 11.2. The molecule has 0 aliphatic rings. The summed E-state index contributed by atoms with van der Waals surface area (Å²) in [7, 11) is 6.09. The number of esters is 2. The van der Waals surface area contributed by atoms with Gasteiger partial charge in [-0.2, -0.15) is 0 Å². The van der Waals surface area contributed by atoms with Gasteiger partial charge in [0.1, 0.15) is 6.54 Å². The zero-order valence-corrected chi connectivity index (χ0v) is 24.1. The highest BCUT2D eigenvalue weighted by Crippen LogP contribution is 2.14. The zero-order valence-electron chi connectivity index (χ0n) is 23.3. The Morgan fingerprint density at radius 2 is 1.12 bits per heavy atom. The number of ether oxygens (including phenoxy) is 2. The molecule has 0 aromatic carbocycles. The highest BCUT2D eigenvalue weighted by Gasteiger charge is 2.25. The standard InChI is InChI=1S/C28H56NO4.ClH/c1-7-8-9-10-11-12-13-14-15-16-17-18-19-20-21-32-27(30)23-26(24-29(4,5)6)33-28(31)22-25(2)3;/h25-26H,7-24H2,1-6H3;1H/q+1;/p-1/t26-;/m1./s1. The van der Waals surface area contributed by atoms with Crippen LogP contribution in [0.2, 0.25) is 0 Å². The second kappa shape index (κ2) is 22.6. The number of carbonyl (C=O) groups excluding carboxylic acids is 2. The first-order valence-electron chi connectivity index (χ1n) is 13.8. The van der Waals surface area contributed by atoms with E-state index in [1.165, 1.54) is 77.0 Å². The van der Waals surface area contributed by atoms with Crippen LogP contribution in [0.25, 0.3) is 0 Å². The lowest BCUT2D eigenvalue weighted by Crippen LogP contribution is -3.00. The molecule has 0 amide bonds. The topological polar surface area (TPSA) is 52.6 Å². The third-order valence-corrected chi connectivity index (χ3v) is 5.78. The lowest BCUT2D eigenvalue weighted by Gasteiger charge is -2.28. The van der Waals surface area contributed by atoms with E-state index in [0.717, 1.165) is 12.8 Å². The molecule has 0 fully saturated rings. The maximum absolute atomic E-state index is 12.3. The van der Waals surface area contributed by atoms with Gasteiger partial charge in [0.15, 0.2) is 6.10 Å². The number of unbranched alkanes of at least 4 members (excludes halogenated alkanes) is 13. The van der Waals surface area contributed by atoms with E-state index < -0.39 is 6.10 Å². The number of hydrogen-bond acceptors (Lipinski definition) is 4. The molecule has 1 atom stereocenters. The van der Waals surface area contributed by atoms with Crippen molar-refractivity contribution in [3.8, 4) is 0 Å². The van der Waals surface area contributed by atoms with Crippen molar-refractivity contribution in [2.75, 3.05) is 34.3 Å². The van der Waals surface area contributed by atoms with Crippen LogP contribution in [-0.4, -0.2) is 56.8 Å². The van der Waals surface area contributed by atoms with Gasteiger partial charge in [-0.05, 0) is 12.3 Å². The van der Waals surface area contributed by atoms with Crippen LogP contribution in [0.15, 0.2) is 0 Å². The SMILES string of the molecule is CCCCCCCCCCCCCCCCOC(=O)C[C@H](C[N+](C)(C)C)OC(=O)CC(C)C.[Cl-]. The fourth-order valence-corrected chi connectivity index (χ4v) is 4.05. The summed E-state index contributed by atoms with van der Waals surface area (Å²) in [4.78, 5) is 24.3. The van der Waals surface area contributed by atoms with E-state index in [0.29, 0.717) is 24.1 Å². The van der Waals surface area contributed by atoms with Gasteiger partial charge in [-0.3, -0.25) is 9.59 Å². The largest absolute Gasteiger partial charge is 1.00 e.